The van der Waals surface area contributed by atoms with Crippen LogP contribution >= 0.6 is 11.3 Å². The SMILES string of the molecule is Cc1ccc(NCc2nc(-c3cnn(C)c3)cs2)nc1. The Hall–Kier alpha value is -2.21. The molecule has 0 amide bonds. The molecule has 0 bridgehead atoms. The van der Waals surface area contributed by atoms with Crippen LogP contribution in [0.2, 0.25) is 0 Å². The molecule has 3 rings (SSSR count). The summed E-state index contributed by atoms with van der Waals surface area (Å²) >= 11 is 1.64. The van der Waals surface area contributed by atoms with E-state index in [1.165, 1.54) is 0 Å². The van der Waals surface area contributed by atoms with E-state index >= 15 is 0 Å². The van der Waals surface area contributed by atoms with Crippen LogP contribution in [-0.4, -0.2) is 19.7 Å². The van der Waals surface area contributed by atoms with Crippen LogP contribution in [0.4, 0.5) is 5.82 Å². The number of nitrogens with zero attached hydrogens (tertiary/aromatic N) is 4. The number of pyridine rings is 1. The summed E-state index contributed by atoms with van der Waals surface area (Å²) in [5.74, 6) is 0.869. The first-order chi connectivity index (χ1) is 9.70. The predicted octanol–water partition coefficient (Wildman–Crippen LogP) is 2.86. The van der Waals surface area contributed by atoms with Gasteiger partial charge in [-0.15, -0.1) is 11.3 Å². The largest absolute Gasteiger partial charge is 0.364 e. The first-order valence-electron chi connectivity index (χ1n) is 6.30. The fourth-order valence-corrected chi connectivity index (χ4v) is 2.56. The zero-order valence-electron chi connectivity index (χ0n) is 11.4. The van der Waals surface area contributed by atoms with Crippen molar-refractivity contribution in [2.45, 2.75) is 13.5 Å². The van der Waals surface area contributed by atoms with Gasteiger partial charge in [-0.1, -0.05) is 6.07 Å². The van der Waals surface area contributed by atoms with E-state index < -0.39 is 0 Å². The van der Waals surface area contributed by atoms with Crippen LogP contribution in [0.25, 0.3) is 11.3 Å². The van der Waals surface area contributed by atoms with Crippen LogP contribution in [0.15, 0.2) is 36.1 Å². The number of aromatic nitrogens is 4. The van der Waals surface area contributed by atoms with Gasteiger partial charge in [0.05, 0.1) is 18.4 Å². The molecule has 3 aromatic rings. The third-order valence-corrected chi connectivity index (χ3v) is 3.73. The summed E-state index contributed by atoms with van der Waals surface area (Å²) in [5.41, 5.74) is 3.17. The van der Waals surface area contributed by atoms with Gasteiger partial charge in [-0.05, 0) is 18.6 Å². The molecule has 5 nitrogen and oxygen atoms in total. The van der Waals surface area contributed by atoms with Crippen LogP contribution in [0.5, 0.6) is 0 Å². The van der Waals surface area contributed by atoms with Gasteiger partial charge in [0, 0.05) is 30.4 Å². The van der Waals surface area contributed by atoms with Gasteiger partial charge in [0.2, 0.25) is 0 Å². The van der Waals surface area contributed by atoms with Crippen molar-refractivity contribution in [3.05, 3.63) is 46.7 Å². The summed E-state index contributed by atoms with van der Waals surface area (Å²) in [6.07, 6.45) is 5.65. The average molecular weight is 285 g/mol. The monoisotopic (exact) mass is 285 g/mol. The van der Waals surface area contributed by atoms with Crippen molar-refractivity contribution < 1.29 is 0 Å². The maximum Gasteiger partial charge on any atom is 0.126 e. The molecule has 0 unspecified atom stereocenters. The van der Waals surface area contributed by atoms with Gasteiger partial charge in [0.15, 0.2) is 0 Å². The summed E-state index contributed by atoms with van der Waals surface area (Å²) < 4.78 is 1.78. The first kappa shape index (κ1) is 12.8. The lowest BCUT2D eigenvalue weighted by molar-refractivity contribution is 0.768. The van der Waals surface area contributed by atoms with Crippen LogP contribution in [0.1, 0.15) is 10.6 Å². The third-order valence-electron chi connectivity index (χ3n) is 2.88. The molecular formula is C14H15N5S. The molecule has 0 radical (unpaired) electrons. The molecule has 6 heteroatoms. The molecule has 1 N–H and O–H groups in total. The minimum Gasteiger partial charge on any atom is -0.364 e. The molecule has 0 aromatic carbocycles. The Morgan fingerprint density at radius 2 is 2.20 bits per heavy atom. The first-order valence-corrected chi connectivity index (χ1v) is 7.18. The van der Waals surface area contributed by atoms with Crippen molar-refractivity contribution in [3.63, 3.8) is 0 Å². The Morgan fingerprint density at radius 1 is 1.30 bits per heavy atom. The second-order valence-corrected chi connectivity index (χ2v) is 5.55. The molecule has 0 aliphatic rings. The van der Waals surface area contributed by atoms with Crippen molar-refractivity contribution in [1.82, 2.24) is 19.7 Å². The lowest BCUT2D eigenvalue weighted by atomic mass is 10.3. The number of anilines is 1. The highest BCUT2D eigenvalue weighted by molar-refractivity contribution is 7.09. The van der Waals surface area contributed by atoms with Gasteiger partial charge in [0.1, 0.15) is 10.8 Å². The molecule has 3 aromatic heterocycles. The van der Waals surface area contributed by atoms with E-state index in [-0.39, 0.29) is 0 Å². The Balaban J connectivity index is 1.67. The quantitative estimate of drug-likeness (QED) is 0.801. The second-order valence-electron chi connectivity index (χ2n) is 4.60. The van der Waals surface area contributed by atoms with Crippen LogP contribution in [0, 0.1) is 6.92 Å². The van der Waals surface area contributed by atoms with E-state index in [0.29, 0.717) is 6.54 Å². The van der Waals surface area contributed by atoms with Crippen LogP contribution < -0.4 is 5.32 Å². The third kappa shape index (κ3) is 2.85. The molecule has 20 heavy (non-hydrogen) atoms. The molecule has 0 fully saturated rings. The van der Waals surface area contributed by atoms with Gasteiger partial charge in [-0.3, -0.25) is 4.68 Å². The normalized spacial score (nSPS) is 10.7. The van der Waals surface area contributed by atoms with Gasteiger partial charge in [-0.25, -0.2) is 9.97 Å². The zero-order chi connectivity index (χ0) is 13.9. The highest BCUT2D eigenvalue weighted by atomic mass is 32.1. The molecule has 0 aliphatic heterocycles. The Morgan fingerprint density at radius 3 is 2.90 bits per heavy atom. The predicted molar refractivity (Wildman–Crippen MR) is 80.6 cm³/mol. The van der Waals surface area contributed by atoms with Crippen molar-refractivity contribution in [2.75, 3.05) is 5.32 Å². The summed E-state index contributed by atoms with van der Waals surface area (Å²) in [7, 11) is 1.90. The highest BCUT2D eigenvalue weighted by Crippen LogP contribution is 2.21. The van der Waals surface area contributed by atoms with Gasteiger partial charge >= 0.3 is 0 Å². The maximum absolute atomic E-state index is 4.60. The maximum atomic E-state index is 4.60. The van der Waals surface area contributed by atoms with Crippen LogP contribution in [-0.2, 0) is 13.6 Å². The summed E-state index contributed by atoms with van der Waals surface area (Å²) in [6.45, 7) is 2.71. The number of thiazole rings is 1. The van der Waals surface area contributed by atoms with E-state index in [4.69, 9.17) is 0 Å². The lowest BCUT2D eigenvalue weighted by Gasteiger charge is -2.02. The summed E-state index contributed by atoms with van der Waals surface area (Å²) in [6, 6.07) is 4.02. The Kier molecular flexibility index (Phi) is 3.47. The van der Waals surface area contributed by atoms with Gasteiger partial charge in [0.25, 0.3) is 0 Å². The molecule has 3 heterocycles. The summed E-state index contributed by atoms with van der Waals surface area (Å²) in [5, 5.41) is 10.5. The Bertz CT molecular complexity index is 698. The van der Waals surface area contributed by atoms with Crippen LogP contribution in [0.3, 0.4) is 0 Å². The van der Waals surface area contributed by atoms with E-state index in [1.807, 2.05) is 44.7 Å². The molecule has 0 aliphatic carbocycles. The Labute approximate surface area is 121 Å². The standard InChI is InChI=1S/C14H15N5S/c1-10-3-4-13(15-5-10)16-7-14-18-12(9-20-14)11-6-17-19(2)8-11/h3-6,8-9H,7H2,1-2H3,(H,15,16). The number of hydrogen-bond donors (Lipinski definition) is 1. The number of nitrogens with one attached hydrogen (secondary N) is 1. The van der Waals surface area contributed by atoms with Crippen molar-refractivity contribution >= 4 is 17.2 Å². The molecular weight excluding hydrogens is 270 g/mol. The highest BCUT2D eigenvalue weighted by Gasteiger charge is 2.06. The van der Waals surface area contributed by atoms with Crippen molar-refractivity contribution in [3.8, 4) is 11.3 Å². The smallest absolute Gasteiger partial charge is 0.126 e. The molecule has 0 saturated carbocycles. The number of hydrogen-bond acceptors (Lipinski definition) is 5. The van der Waals surface area contributed by atoms with Gasteiger partial charge in [-0.2, -0.15) is 5.10 Å². The number of aryl methyl sites for hydroxylation is 2. The molecule has 102 valence electrons. The molecule has 0 saturated heterocycles. The topological polar surface area (TPSA) is 55.6 Å². The van der Waals surface area contributed by atoms with Crippen molar-refractivity contribution in [1.29, 1.82) is 0 Å². The van der Waals surface area contributed by atoms with Gasteiger partial charge < -0.3 is 5.32 Å². The minimum absolute atomic E-state index is 0.682. The summed E-state index contributed by atoms with van der Waals surface area (Å²) in [4.78, 5) is 8.92. The fraction of sp³-hybridized carbons (Fsp3) is 0.214. The zero-order valence-corrected chi connectivity index (χ0v) is 12.2. The minimum atomic E-state index is 0.682. The van der Waals surface area contributed by atoms with E-state index in [2.05, 4.69) is 25.8 Å². The van der Waals surface area contributed by atoms with Crippen molar-refractivity contribution in [2.24, 2.45) is 7.05 Å². The van der Waals surface area contributed by atoms with E-state index in [0.717, 1.165) is 27.6 Å². The molecule has 0 atom stereocenters. The number of rotatable bonds is 4. The second kappa shape index (κ2) is 5.42. The lowest BCUT2D eigenvalue weighted by Crippen LogP contribution is -2.00. The van der Waals surface area contributed by atoms with E-state index in [9.17, 15) is 0 Å². The molecule has 0 spiro atoms. The average Bonchev–Trinajstić information content (AvgIpc) is 3.07. The fourth-order valence-electron chi connectivity index (χ4n) is 1.82. The van der Waals surface area contributed by atoms with E-state index in [1.54, 1.807) is 16.0 Å².